The topological polar surface area (TPSA) is 86.3 Å². The van der Waals surface area contributed by atoms with Gasteiger partial charge in [0.15, 0.2) is 11.6 Å². The predicted molar refractivity (Wildman–Crippen MR) is 115 cm³/mol. The lowest BCUT2D eigenvalue weighted by molar-refractivity contribution is -0.120. The molecule has 0 amide bonds. The Morgan fingerprint density at radius 3 is 2.53 bits per heavy atom. The number of hydrogen-bond acceptors (Lipinski definition) is 5. The summed E-state index contributed by atoms with van der Waals surface area (Å²) in [5, 5.41) is 13.6. The summed E-state index contributed by atoms with van der Waals surface area (Å²) < 4.78 is 8.02. The number of aliphatic hydroxyl groups excluding tert-OH is 1. The fourth-order valence-electron chi connectivity index (χ4n) is 3.31. The predicted octanol–water partition coefficient (Wildman–Crippen LogP) is 2.86. The van der Waals surface area contributed by atoms with Crippen molar-refractivity contribution in [2.24, 2.45) is 5.92 Å². The largest absolute Gasteiger partial charge is 0.497 e. The van der Waals surface area contributed by atoms with E-state index < -0.39 is 0 Å². The van der Waals surface area contributed by atoms with Crippen molar-refractivity contribution in [3.63, 3.8) is 0 Å². The second kappa shape index (κ2) is 9.54. The molecule has 3 aromatic rings. The van der Waals surface area contributed by atoms with Gasteiger partial charge in [-0.15, -0.1) is 5.10 Å². The van der Waals surface area contributed by atoms with Crippen LogP contribution in [0.15, 0.2) is 53.3 Å². The number of ether oxygens (including phenoxy) is 1. The average molecular weight is 409 g/mol. The highest BCUT2D eigenvalue weighted by molar-refractivity contribution is 5.79. The maximum absolute atomic E-state index is 13.2. The zero-order valence-electron chi connectivity index (χ0n) is 17.5. The highest BCUT2D eigenvalue weighted by Crippen LogP contribution is 2.22. The van der Waals surface area contributed by atoms with E-state index in [0.29, 0.717) is 35.7 Å². The molecular formula is C23H27N3O4. The van der Waals surface area contributed by atoms with Gasteiger partial charge in [-0.2, -0.15) is 4.68 Å². The number of Topliss-reactive ketones (excluding diaryl/α,β-unsaturated/α-hetero) is 1. The normalized spacial score (nSPS) is 11.1. The van der Waals surface area contributed by atoms with Crippen LogP contribution in [0.25, 0.3) is 17.1 Å². The van der Waals surface area contributed by atoms with Crippen molar-refractivity contribution in [2.45, 2.75) is 33.2 Å². The molecule has 0 atom stereocenters. The third-order valence-electron chi connectivity index (χ3n) is 4.74. The van der Waals surface area contributed by atoms with Crippen molar-refractivity contribution < 1.29 is 14.6 Å². The van der Waals surface area contributed by atoms with Gasteiger partial charge in [0.1, 0.15) is 5.75 Å². The van der Waals surface area contributed by atoms with Crippen molar-refractivity contribution in [3.8, 4) is 22.8 Å². The number of nitrogens with zero attached hydrogens (tertiary/aromatic N) is 3. The minimum atomic E-state index is -0.375. The van der Waals surface area contributed by atoms with Crippen LogP contribution in [0.2, 0.25) is 0 Å². The number of carbonyl (C=O) groups is 1. The van der Waals surface area contributed by atoms with Crippen LogP contribution >= 0.6 is 0 Å². The van der Waals surface area contributed by atoms with Gasteiger partial charge in [0.05, 0.1) is 19.3 Å². The second-order valence-corrected chi connectivity index (χ2v) is 7.61. The fraction of sp³-hybridized carbons (Fsp3) is 0.348. The molecule has 30 heavy (non-hydrogen) atoms. The van der Waals surface area contributed by atoms with Crippen LogP contribution < -0.4 is 10.4 Å². The van der Waals surface area contributed by atoms with Gasteiger partial charge in [-0.1, -0.05) is 38.1 Å². The third kappa shape index (κ3) is 4.86. The molecule has 1 heterocycles. The van der Waals surface area contributed by atoms with Crippen molar-refractivity contribution >= 4 is 5.78 Å². The van der Waals surface area contributed by atoms with Gasteiger partial charge in [0.25, 0.3) is 0 Å². The highest BCUT2D eigenvalue weighted by atomic mass is 16.5. The molecule has 0 spiro atoms. The molecule has 0 unspecified atom stereocenters. The molecule has 1 N–H and O–H groups in total. The first-order chi connectivity index (χ1) is 14.4. The molecule has 1 aromatic heterocycles. The number of aliphatic hydroxyl groups is 1. The summed E-state index contributed by atoms with van der Waals surface area (Å²) in [6.45, 7) is 3.97. The van der Waals surface area contributed by atoms with E-state index in [1.165, 1.54) is 9.25 Å². The quantitative estimate of drug-likeness (QED) is 0.587. The van der Waals surface area contributed by atoms with Gasteiger partial charge in [-0.25, -0.2) is 4.79 Å². The highest BCUT2D eigenvalue weighted by Gasteiger charge is 2.19. The fourth-order valence-corrected chi connectivity index (χ4v) is 3.31. The summed E-state index contributed by atoms with van der Waals surface area (Å²) in [5.74, 6) is 1.25. The molecule has 0 aliphatic heterocycles. The third-order valence-corrected chi connectivity index (χ3v) is 4.74. The Morgan fingerprint density at radius 2 is 1.90 bits per heavy atom. The Kier molecular flexibility index (Phi) is 6.84. The summed E-state index contributed by atoms with van der Waals surface area (Å²) >= 11 is 0. The molecule has 0 saturated heterocycles. The van der Waals surface area contributed by atoms with Crippen molar-refractivity contribution in [3.05, 3.63) is 64.6 Å². The van der Waals surface area contributed by atoms with Gasteiger partial charge in [0.2, 0.25) is 0 Å². The zero-order valence-corrected chi connectivity index (χ0v) is 17.5. The maximum Gasteiger partial charge on any atom is 0.351 e. The van der Waals surface area contributed by atoms with E-state index in [4.69, 9.17) is 9.84 Å². The van der Waals surface area contributed by atoms with Gasteiger partial charge in [-0.3, -0.25) is 9.36 Å². The minimum absolute atomic E-state index is 0.0194. The Bertz CT molecular complexity index is 1060. The smallest absolute Gasteiger partial charge is 0.351 e. The molecule has 7 heteroatoms. The number of methoxy groups -OCH3 is 1. The minimum Gasteiger partial charge on any atom is -0.497 e. The monoisotopic (exact) mass is 409 g/mol. The van der Waals surface area contributed by atoms with Crippen LogP contribution in [-0.2, 0) is 17.8 Å². The molecule has 7 nitrogen and oxygen atoms in total. The lowest BCUT2D eigenvalue weighted by Crippen LogP contribution is -2.27. The average Bonchev–Trinajstić information content (AvgIpc) is 3.04. The Balaban J connectivity index is 2.08. The van der Waals surface area contributed by atoms with E-state index in [1.54, 1.807) is 25.3 Å². The van der Waals surface area contributed by atoms with Gasteiger partial charge in [0, 0.05) is 18.6 Å². The van der Waals surface area contributed by atoms with E-state index in [2.05, 4.69) is 5.10 Å². The summed E-state index contributed by atoms with van der Waals surface area (Å²) in [4.78, 5) is 25.7. The maximum atomic E-state index is 13.2. The number of benzene rings is 2. The molecule has 0 bridgehead atoms. The van der Waals surface area contributed by atoms with E-state index in [0.717, 1.165) is 5.56 Å². The zero-order chi connectivity index (χ0) is 21.7. The lowest BCUT2D eigenvalue weighted by Gasteiger charge is -2.08. The molecule has 0 aliphatic rings. The Morgan fingerprint density at radius 1 is 1.17 bits per heavy atom. The number of ketones is 1. The summed E-state index contributed by atoms with van der Waals surface area (Å²) in [6, 6.07) is 14.5. The first-order valence-corrected chi connectivity index (χ1v) is 9.99. The Labute approximate surface area is 175 Å². The van der Waals surface area contributed by atoms with Gasteiger partial charge in [-0.05, 0) is 42.2 Å². The molecule has 2 aromatic carbocycles. The van der Waals surface area contributed by atoms with Crippen LogP contribution in [0.3, 0.4) is 0 Å². The molecule has 0 radical (unpaired) electrons. The van der Waals surface area contributed by atoms with Crippen molar-refractivity contribution in [1.29, 1.82) is 0 Å². The van der Waals surface area contributed by atoms with Crippen LogP contribution in [0.5, 0.6) is 5.75 Å². The van der Waals surface area contributed by atoms with E-state index in [9.17, 15) is 9.59 Å². The van der Waals surface area contributed by atoms with Crippen LogP contribution in [-0.4, -0.2) is 39.0 Å². The number of rotatable bonds is 9. The molecule has 3 rings (SSSR count). The van der Waals surface area contributed by atoms with Crippen molar-refractivity contribution in [1.82, 2.24) is 14.3 Å². The van der Waals surface area contributed by atoms with Crippen LogP contribution in [0.1, 0.15) is 25.8 Å². The molecule has 0 saturated carbocycles. The van der Waals surface area contributed by atoms with E-state index in [-0.39, 0.29) is 30.5 Å². The molecular weight excluding hydrogens is 382 g/mol. The SMILES string of the molecule is COc1cccc(-c2nn(-c3ccc(CCO)cc3)c(=O)n2CC(=O)CC(C)C)c1. The summed E-state index contributed by atoms with van der Waals surface area (Å²) in [6.07, 6.45) is 0.938. The number of carbonyl (C=O) groups excluding carboxylic acids is 1. The van der Waals surface area contributed by atoms with Gasteiger partial charge < -0.3 is 9.84 Å². The first-order valence-electron chi connectivity index (χ1n) is 9.99. The van der Waals surface area contributed by atoms with E-state index in [1.807, 2.05) is 44.2 Å². The number of aromatic nitrogens is 3. The molecule has 0 aliphatic carbocycles. The van der Waals surface area contributed by atoms with Crippen LogP contribution in [0.4, 0.5) is 0 Å². The van der Waals surface area contributed by atoms with Crippen LogP contribution in [0, 0.1) is 5.92 Å². The van der Waals surface area contributed by atoms with E-state index >= 15 is 0 Å². The Hall–Kier alpha value is -3.19. The van der Waals surface area contributed by atoms with Gasteiger partial charge >= 0.3 is 5.69 Å². The standard InChI is InChI=1S/C23H27N3O4/c1-16(2)13-20(28)15-25-22(18-5-4-6-21(14-18)30-3)24-26(23(25)29)19-9-7-17(8-10-19)11-12-27/h4-10,14,16,27H,11-13,15H2,1-3H3. The lowest BCUT2D eigenvalue weighted by atomic mass is 10.1. The van der Waals surface area contributed by atoms with Crippen molar-refractivity contribution in [2.75, 3.05) is 13.7 Å². The summed E-state index contributed by atoms with van der Waals surface area (Å²) in [7, 11) is 1.57. The second-order valence-electron chi connectivity index (χ2n) is 7.61. The first kappa shape index (κ1) is 21.5. The molecule has 0 fully saturated rings. The summed E-state index contributed by atoms with van der Waals surface area (Å²) in [5.41, 5.74) is 1.88. The number of hydrogen-bond donors (Lipinski definition) is 1. The molecule has 158 valence electrons.